The van der Waals surface area contributed by atoms with E-state index in [9.17, 15) is 8.78 Å². The van der Waals surface area contributed by atoms with Gasteiger partial charge in [-0.05, 0) is 30.2 Å². The lowest BCUT2D eigenvalue weighted by Crippen LogP contribution is -2.30. The lowest BCUT2D eigenvalue weighted by Gasteiger charge is -2.19. The molecule has 0 bridgehead atoms. The van der Waals surface area contributed by atoms with E-state index in [1.807, 2.05) is 0 Å². The van der Waals surface area contributed by atoms with Crippen molar-refractivity contribution in [3.05, 3.63) is 69.2 Å². The second-order valence-electron chi connectivity index (χ2n) is 4.27. The molecule has 3 N–H and O–H groups in total. The average Bonchev–Trinajstić information content (AvgIpc) is 2.42. The summed E-state index contributed by atoms with van der Waals surface area (Å²) in [4.78, 5) is 0. The molecule has 2 rings (SSSR count). The predicted molar refractivity (Wildman–Crippen MR) is 76.6 cm³/mol. The molecule has 0 amide bonds. The number of hydrogen-bond acceptors (Lipinski definition) is 2. The molecule has 20 heavy (non-hydrogen) atoms. The normalized spacial score (nSPS) is 12.4. The summed E-state index contributed by atoms with van der Waals surface area (Å²) in [5, 5.41) is 0.673. The van der Waals surface area contributed by atoms with E-state index >= 15 is 0 Å². The van der Waals surface area contributed by atoms with Gasteiger partial charge in [0.2, 0.25) is 0 Å². The molecule has 6 heteroatoms. The molecule has 0 radical (unpaired) electrons. The zero-order chi connectivity index (χ0) is 14.7. The highest BCUT2D eigenvalue weighted by atomic mass is 35.5. The zero-order valence-corrected chi connectivity index (χ0v) is 11.8. The maximum atomic E-state index is 13.7. The van der Waals surface area contributed by atoms with Crippen LogP contribution in [0.1, 0.15) is 17.2 Å². The van der Waals surface area contributed by atoms with Crippen LogP contribution in [0.15, 0.2) is 36.4 Å². The summed E-state index contributed by atoms with van der Waals surface area (Å²) in [5.41, 5.74) is 3.05. The third kappa shape index (κ3) is 3.10. The molecule has 0 spiro atoms. The van der Waals surface area contributed by atoms with Gasteiger partial charge in [0, 0.05) is 5.56 Å². The van der Waals surface area contributed by atoms with Gasteiger partial charge in [-0.2, -0.15) is 0 Å². The van der Waals surface area contributed by atoms with Gasteiger partial charge in [0.1, 0.15) is 11.6 Å². The summed E-state index contributed by atoms with van der Waals surface area (Å²) < 4.78 is 27.4. The molecule has 106 valence electrons. The van der Waals surface area contributed by atoms with E-state index in [1.54, 1.807) is 18.2 Å². The standard InChI is InChI=1S/C14H12Cl2F2N2/c15-10-4-1-3-8(14(10)16)13(20-19)7-9-11(17)5-2-6-12(9)18/h1-6,13,20H,7,19H2. The van der Waals surface area contributed by atoms with Crippen molar-refractivity contribution < 1.29 is 8.78 Å². The number of halogens is 4. The van der Waals surface area contributed by atoms with Gasteiger partial charge in [0.05, 0.1) is 16.1 Å². The number of hydrogen-bond donors (Lipinski definition) is 2. The van der Waals surface area contributed by atoms with Crippen molar-refractivity contribution in [1.29, 1.82) is 0 Å². The van der Waals surface area contributed by atoms with Crippen LogP contribution in [0.25, 0.3) is 0 Å². The minimum absolute atomic E-state index is 0.0229. The van der Waals surface area contributed by atoms with Gasteiger partial charge in [0.15, 0.2) is 0 Å². The Morgan fingerprint density at radius 2 is 1.65 bits per heavy atom. The zero-order valence-electron chi connectivity index (χ0n) is 10.3. The molecular formula is C14H12Cl2F2N2. The molecule has 0 saturated heterocycles. The van der Waals surface area contributed by atoms with Crippen LogP contribution in [-0.4, -0.2) is 0 Å². The van der Waals surface area contributed by atoms with Crippen molar-refractivity contribution in [3.63, 3.8) is 0 Å². The smallest absolute Gasteiger partial charge is 0.129 e. The van der Waals surface area contributed by atoms with Gasteiger partial charge in [-0.1, -0.05) is 41.4 Å². The van der Waals surface area contributed by atoms with E-state index in [0.29, 0.717) is 15.6 Å². The average molecular weight is 317 g/mol. The Hall–Kier alpha value is -1.20. The number of rotatable bonds is 4. The van der Waals surface area contributed by atoms with Gasteiger partial charge in [-0.3, -0.25) is 11.3 Å². The van der Waals surface area contributed by atoms with E-state index in [1.165, 1.54) is 18.2 Å². The second kappa shape index (κ2) is 6.50. The molecule has 2 nitrogen and oxygen atoms in total. The Kier molecular flexibility index (Phi) is 4.94. The van der Waals surface area contributed by atoms with Crippen LogP contribution in [0.5, 0.6) is 0 Å². The summed E-state index contributed by atoms with van der Waals surface area (Å²) in [5.74, 6) is 4.23. The lowest BCUT2D eigenvalue weighted by atomic mass is 9.98. The van der Waals surface area contributed by atoms with Crippen molar-refractivity contribution in [3.8, 4) is 0 Å². The fraction of sp³-hybridized carbons (Fsp3) is 0.143. The SMILES string of the molecule is NNC(Cc1c(F)cccc1F)c1cccc(Cl)c1Cl. The topological polar surface area (TPSA) is 38.0 Å². The largest absolute Gasteiger partial charge is 0.271 e. The first-order chi connectivity index (χ1) is 9.54. The Labute approximate surface area is 125 Å². The van der Waals surface area contributed by atoms with Crippen molar-refractivity contribution in [1.82, 2.24) is 5.43 Å². The maximum Gasteiger partial charge on any atom is 0.129 e. The summed E-state index contributed by atoms with van der Waals surface area (Å²) in [6.07, 6.45) is 0.0229. The van der Waals surface area contributed by atoms with Crippen LogP contribution < -0.4 is 11.3 Å². The molecule has 0 saturated carbocycles. The highest BCUT2D eigenvalue weighted by Gasteiger charge is 2.19. The summed E-state index contributed by atoms with van der Waals surface area (Å²) in [6, 6.07) is 8.20. The number of nitrogens with one attached hydrogen (secondary N) is 1. The van der Waals surface area contributed by atoms with Crippen LogP contribution >= 0.6 is 23.2 Å². The van der Waals surface area contributed by atoms with Crippen LogP contribution in [-0.2, 0) is 6.42 Å². The van der Waals surface area contributed by atoms with E-state index in [-0.39, 0.29) is 12.0 Å². The summed E-state index contributed by atoms with van der Waals surface area (Å²) in [7, 11) is 0. The molecule has 1 unspecified atom stereocenters. The molecule has 0 aliphatic rings. The number of nitrogens with two attached hydrogens (primary N) is 1. The summed E-state index contributed by atoms with van der Waals surface area (Å²) in [6.45, 7) is 0. The fourth-order valence-electron chi connectivity index (χ4n) is 1.98. The van der Waals surface area contributed by atoms with Crippen LogP contribution in [0.2, 0.25) is 10.0 Å². The van der Waals surface area contributed by atoms with E-state index in [2.05, 4.69) is 5.43 Å². The van der Waals surface area contributed by atoms with Crippen LogP contribution in [0.3, 0.4) is 0 Å². The molecule has 1 atom stereocenters. The van der Waals surface area contributed by atoms with Crippen molar-refractivity contribution in [2.45, 2.75) is 12.5 Å². The van der Waals surface area contributed by atoms with E-state index in [4.69, 9.17) is 29.0 Å². The van der Waals surface area contributed by atoms with Crippen molar-refractivity contribution in [2.75, 3.05) is 0 Å². The summed E-state index contributed by atoms with van der Waals surface area (Å²) >= 11 is 12.0. The molecule has 0 aromatic heterocycles. The third-order valence-electron chi connectivity index (χ3n) is 3.03. The fourth-order valence-corrected chi connectivity index (χ4v) is 2.42. The van der Waals surface area contributed by atoms with Crippen LogP contribution in [0.4, 0.5) is 8.78 Å². The van der Waals surface area contributed by atoms with Gasteiger partial charge in [-0.15, -0.1) is 0 Å². The molecule has 2 aromatic rings. The molecular weight excluding hydrogens is 305 g/mol. The van der Waals surface area contributed by atoms with E-state index < -0.39 is 17.7 Å². The molecule has 0 aliphatic carbocycles. The number of hydrazine groups is 1. The monoisotopic (exact) mass is 316 g/mol. The predicted octanol–water partition coefficient (Wildman–Crippen LogP) is 4.02. The molecule has 0 heterocycles. The van der Waals surface area contributed by atoms with Crippen LogP contribution in [0, 0.1) is 11.6 Å². The number of benzene rings is 2. The third-order valence-corrected chi connectivity index (χ3v) is 3.86. The highest BCUT2D eigenvalue weighted by molar-refractivity contribution is 6.42. The first-order valence-corrected chi connectivity index (χ1v) is 6.63. The Morgan fingerprint density at radius 3 is 2.25 bits per heavy atom. The first kappa shape index (κ1) is 15.2. The van der Waals surface area contributed by atoms with Gasteiger partial charge in [-0.25, -0.2) is 8.78 Å². The quantitative estimate of drug-likeness (QED) is 0.660. The minimum atomic E-state index is -0.622. The minimum Gasteiger partial charge on any atom is -0.271 e. The van der Waals surface area contributed by atoms with Gasteiger partial charge < -0.3 is 0 Å². The Morgan fingerprint density at radius 1 is 1.05 bits per heavy atom. The molecule has 0 aliphatic heterocycles. The highest BCUT2D eigenvalue weighted by Crippen LogP contribution is 2.31. The maximum absolute atomic E-state index is 13.7. The van der Waals surface area contributed by atoms with Crippen molar-refractivity contribution >= 4 is 23.2 Å². The lowest BCUT2D eigenvalue weighted by molar-refractivity contribution is 0.500. The second-order valence-corrected chi connectivity index (χ2v) is 5.05. The Balaban J connectivity index is 2.37. The van der Waals surface area contributed by atoms with Gasteiger partial charge >= 0.3 is 0 Å². The Bertz CT molecular complexity index is 600. The van der Waals surface area contributed by atoms with Crippen molar-refractivity contribution in [2.24, 2.45) is 5.84 Å². The van der Waals surface area contributed by atoms with E-state index in [0.717, 1.165) is 0 Å². The molecule has 2 aromatic carbocycles. The first-order valence-electron chi connectivity index (χ1n) is 5.87. The van der Waals surface area contributed by atoms with Gasteiger partial charge in [0.25, 0.3) is 0 Å². The molecule has 0 fully saturated rings.